The number of carbonyl (C=O) groups excluding carboxylic acids is 2. The standard InChI is InChI=1S/C21H23N3O4S/c1-29-16-9-5-8-15(12-16)23-21(28)22-13-19(25)24-17(10-11-18(24)20(26)27)14-6-3-2-4-7-14/h2-9,12,17-18H,10-11,13H2,1H3,(H,26,27)(H2,22,23,28). The normalized spacial score (nSPS) is 18.3. The van der Waals surface area contributed by atoms with Crippen LogP contribution in [0.4, 0.5) is 10.5 Å². The van der Waals surface area contributed by atoms with Crippen molar-refractivity contribution in [3.05, 3.63) is 60.2 Å². The van der Waals surface area contributed by atoms with E-state index in [0.29, 0.717) is 18.5 Å². The van der Waals surface area contributed by atoms with Gasteiger partial charge in [-0.3, -0.25) is 4.79 Å². The van der Waals surface area contributed by atoms with Gasteiger partial charge in [-0.2, -0.15) is 0 Å². The van der Waals surface area contributed by atoms with Crippen molar-refractivity contribution >= 4 is 35.4 Å². The highest BCUT2D eigenvalue weighted by molar-refractivity contribution is 7.98. The van der Waals surface area contributed by atoms with Crippen LogP contribution in [0.15, 0.2) is 59.5 Å². The summed E-state index contributed by atoms with van der Waals surface area (Å²) in [5, 5.41) is 14.7. The molecule has 1 saturated heterocycles. The van der Waals surface area contributed by atoms with Gasteiger partial charge in [0.25, 0.3) is 0 Å². The monoisotopic (exact) mass is 413 g/mol. The number of urea groups is 1. The van der Waals surface area contributed by atoms with Gasteiger partial charge in [-0.1, -0.05) is 36.4 Å². The molecule has 1 aliphatic rings. The lowest BCUT2D eigenvalue weighted by molar-refractivity contribution is -0.149. The SMILES string of the molecule is CSc1cccc(NC(=O)NCC(=O)N2C(C(=O)O)CCC2c2ccccc2)c1. The molecule has 29 heavy (non-hydrogen) atoms. The highest BCUT2D eigenvalue weighted by Gasteiger charge is 2.41. The van der Waals surface area contributed by atoms with Gasteiger partial charge in [0.1, 0.15) is 6.04 Å². The van der Waals surface area contributed by atoms with Gasteiger partial charge < -0.3 is 20.6 Å². The number of likely N-dealkylation sites (tertiary alicyclic amines) is 1. The molecule has 2 aromatic carbocycles. The first-order chi connectivity index (χ1) is 14.0. The zero-order chi connectivity index (χ0) is 20.8. The second-order valence-corrected chi connectivity index (χ2v) is 7.58. The van der Waals surface area contributed by atoms with Crippen LogP contribution in [-0.4, -0.2) is 46.8 Å². The zero-order valence-electron chi connectivity index (χ0n) is 16.0. The second kappa shape index (κ2) is 9.47. The summed E-state index contributed by atoms with van der Waals surface area (Å²) in [6.45, 7) is -0.277. The van der Waals surface area contributed by atoms with Crippen LogP contribution in [0.5, 0.6) is 0 Å². The molecule has 8 heteroatoms. The largest absolute Gasteiger partial charge is 0.480 e. The number of carboxylic acid groups (broad SMARTS) is 1. The Morgan fingerprint density at radius 1 is 1.10 bits per heavy atom. The lowest BCUT2D eigenvalue weighted by atomic mass is 10.0. The van der Waals surface area contributed by atoms with Gasteiger partial charge in [0.15, 0.2) is 0 Å². The van der Waals surface area contributed by atoms with E-state index in [-0.39, 0.29) is 12.6 Å². The lowest BCUT2D eigenvalue weighted by Crippen LogP contribution is -2.47. The second-order valence-electron chi connectivity index (χ2n) is 6.70. The molecule has 0 radical (unpaired) electrons. The van der Waals surface area contributed by atoms with Crippen molar-refractivity contribution in [2.75, 3.05) is 18.1 Å². The molecule has 7 nitrogen and oxygen atoms in total. The number of carboxylic acids is 1. The summed E-state index contributed by atoms with van der Waals surface area (Å²) in [5.74, 6) is -1.45. The first-order valence-electron chi connectivity index (χ1n) is 9.27. The van der Waals surface area contributed by atoms with Gasteiger partial charge in [-0.15, -0.1) is 11.8 Å². The van der Waals surface area contributed by atoms with Crippen molar-refractivity contribution in [3.8, 4) is 0 Å². The molecule has 2 unspecified atom stereocenters. The van der Waals surface area contributed by atoms with Gasteiger partial charge >= 0.3 is 12.0 Å². The van der Waals surface area contributed by atoms with E-state index < -0.39 is 23.9 Å². The Balaban J connectivity index is 1.65. The third kappa shape index (κ3) is 5.08. The Hall–Kier alpha value is -3.00. The molecule has 0 saturated carbocycles. The number of anilines is 1. The van der Waals surface area contributed by atoms with Gasteiger partial charge in [0.2, 0.25) is 5.91 Å². The third-order valence-corrected chi connectivity index (χ3v) is 5.60. The summed E-state index contributed by atoms with van der Waals surface area (Å²) in [4.78, 5) is 39.0. The Kier molecular flexibility index (Phi) is 6.77. The Labute approximate surface area is 173 Å². The summed E-state index contributed by atoms with van der Waals surface area (Å²) >= 11 is 1.56. The van der Waals surface area contributed by atoms with E-state index in [1.165, 1.54) is 4.90 Å². The quantitative estimate of drug-likeness (QED) is 0.631. The zero-order valence-corrected chi connectivity index (χ0v) is 16.8. The van der Waals surface area contributed by atoms with E-state index in [0.717, 1.165) is 10.5 Å². The van der Waals surface area contributed by atoms with Crippen molar-refractivity contribution in [1.82, 2.24) is 10.2 Å². The van der Waals surface area contributed by atoms with E-state index in [4.69, 9.17) is 0 Å². The molecule has 1 heterocycles. The van der Waals surface area contributed by atoms with Crippen molar-refractivity contribution in [3.63, 3.8) is 0 Å². The smallest absolute Gasteiger partial charge is 0.326 e. The topological polar surface area (TPSA) is 98.7 Å². The minimum absolute atomic E-state index is 0.277. The predicted octanol–water partition coefficient (Wildman–Crippen LogP) is 3.35. The summed E-state index contributed by atoms with van der Waals surface area (Å²) in [6, 6.07) is 15.0. The highest BCUT2D eigenvalue weighted by Crippen LogP contribution is 2.36. The number of nitrogens with zero attached hydrogens (tertiary/aromatic N) is 1. The van der Waals surface area contributed by atoms with Crippen LogP contribution in [0.3, 0.4) is 0 Å². The van der Waals surface area contributed by atoms with Gasteiger partial charge in [-0.25, -0.2) is 9.59 Å². The van der Waals surface area contributed by atoms with Crippen molar-refractivity contribution in [2.45, 2.75) is 29.8 Å². The molecule has 152 valence electrons. The van der Waals surface area contributed by atoms with Gasteiger partial charge in [0.05, 0.1) is 12.6 Å². The van der Waals surface area contributed by atoms with Crippen molar-refractivity contribution in [2.24, 2.45) is 0 Å². The van der Waals surface area contributed by atoms with Crippen molar-refractivity contribution < 1.29 is 19.5 Å². The number of benzene rings is 2. The molecule has 3 rings (SSSR count). The molecule has 0 aromatic heterocycles. The maximum atomic E-state index is 12.8. The molecule has 1 aliphatic heterocycles. The predicted molar refractivity (Wildman–Crippen MR) is 112 cm³/mol. The van der Waals surface area contributed by atoms with E-state index in [1.807, 2.05) is 54.8 Å². The molecular formula is C21H23N3O4S. The summed E-state index contributed by atoms with van der Waals surface area (Å²) in [6.07, 6.45) is 2.89. The Bertz CT molecular complexity index is 891. The number of carbonyl (C=O) groups is 3. The molecule has 3 amide bonds. The first-order valence-corrected chi connectivity index (χ1v) is 10.5. The maximum Gasteiger partial charge on any atom is 0.326 e. The summed E-state index contributed by atoms with van der Waals surface area (Å²) < 4.78 is 0. The summed E-state index contributed by atoms with van der Waals surface area (Å²) in [5.41, 5.74) is 1.51. The average Bonchev–Trinajstić information content (AvgIpc) is 3.18. The molecular weight excluding hydrogens is 390 g/mol. The number of hydrogen-bond acceptors (Lipinski definition) is 4. The van der Waals surface area contributed by atoms with Gasteiger partial charge in [-0.05, 0) is 42.9 Å². The molecule has 3 N–H and O–H groups in total. The number of nitrogens with one attached hydrogen (secondary N) is 2. The molecule has 0 aliphatic carbocycles. The Morgan fingerprint density at radius 2 is 1.86 bits per heavy atom. The number of rotatable bonds is 6. The van der Waals surface area contributed by atoms with Crippen LogP contribution in [0.25, 0.3) is 0 Å². The van der Waals surface area contributed by atoms with Crippen LogP contribution in [0.1, 0.15) is 24.4 Å². The minimum atomic E-state index is -1.03. The molecule has 2 aromatic rings. The van der Waals surface area contributed by atoms with E-state index >= 15 is 0 Å². The Morgan fingerprint density at radius 3 is 2.55 bits per heavy atom. The fraction of sp³-hybridized carbons (Fsp3) is 0.286. The number of hydrogen-bond donors (Lipinski definition) is 3. The fourth-order valence-electron chi connectivity index (χ4n) is 3.53. The third-order valence-electron chi connectivity index (χ3n) is 4.87. The lowest BCUT2D eigenvalue weighted by Gasteiger charge is -2.28. The van der Waals surface area contributed by atoms with Crippen molar-refractivity contribution in [1.29, 1.82) is 0 Å². The average molecular weight is 413 g/mol. The number of aliphatic carboxylic acids is 1. The molecule has 0 bridgehead atoms. The van der Waals surface area contributed by atoms with Crippen LogP contribution in [-0.2, 0) is 9.59 Å². The van der Waals surface area contributed by atoms with E-state index in [2.05, 4.69) is 10.6 Å². The number of amides is 3. The van der Waals surface area contributed by atoms with Crippen LogP contribution >= 0.6 is 11.8 Å². The van der Waals surface area contributed by atoms with Crippen LogP contribution in [0, 0.1) is 0 Å². The van der Waals surface area contributed by atoms with Crippen LogP contribution in [0.2, 0.25) is 0 Å². The molecule has 2 atom stereocenters. The highest BCUT2D eigenvalue weighted by atomic mass is 32.2. The molecule has 0 spiro atoms. The first kappa shape index (κ1) is 20.7. The summed E-state index contributed by atoms with van der Waals surface area (Å²) in [7, 11) is 0. The minimum Gasteiger partial charge on any atom is -0.480 e. The van der Waals surface area contributed by atoms with E-state index in [9.17, 15) is 19.5 Å². The maximum absolute atomic E-state index is 12.8. The molecule has 1 fully saturated rings. The van der Waals surface area contributed by atoms with Crippen LogP contribution < -0.4 is 10.6 Å². The fourth-order valence-corrected chi connectivity index (χ4v) is 3.99. The van der Waals surface area contributed by atoms with Gasteiger partial charge in [0, 0.05) is 10.6 Å². The van der Waals surface area contributed by atoms with E-state index in [1.54, 1.807) is 17.8 Å². The number of thioether (sulfide) groups is 1.